The molecule has 0 radical (unpaired) electrons. The summed E-state index contributed by atoms with van der Waals surface area (Å²) >= 11 is 7.97. The van der Waals surface area contributed by atoms with Gasteiger partial charge in [-0.3, -0.25) is 9.78 Å². The Morgan fingerprint density at radius 3 is 2.53 bits per heavy atom. The minimum Gasteiger partial charge on any atom is -0.340 e. The lowest BCUT2D eigenvalue weighted by Gasteiger charge is -2.24. The van der Waals surface area contributed by atoms with Crippen molar-refractivity contribution in [2.75, 3.05) is 11.4 Å². The highest BCUT2D eigenvalue weighted by Gasteiger charge is 2.16. The van der Waals surface area contributed by atoms with E-state index in [0.717, 1.165) is 26.5 Å². The molecule has 3 nitrogen and oxygen atoms in total. The number of carbonyl (C=O) groups is 1. The molecule has 0 amide bonds. The van der Waals surface area contributed by atoms with E-state index in [4.69, 9.17) is 11.6 Å². The van der Waals surface area contributed by atoms with Crippen LogP contribution in [0, 0.1) is 5.82 Å². The Hall–Kier alpha value is -2.47. The fourth-order valence-corrected chi connectivity index (χ4v) is 4.58. The van der Waals surface area contributed by atoms with Crippen molar-refractivity contribution >= 4 is 62.6 Å². The van der Waals surface area contributed by atoms with E-state index in [1.165, 1.54) is 24.3 Å². The molecular formula is C23H19Cl2FN2OS. The van der Waals surface area contributed by atoms with Crippen molar-refractivity contribution in [3.63, 3.8) is 0 Å². The summed E-state index contributed by atoms with van der Waals surface area (Å²) in [5.74, 6) is -0.327. The topological polar surface area (TPSA) is 33.2 Å². The summed E-state index contributed by atoms with van der Waals surface area (Å²) in [5.41, 5.74) is 2.61. The molecule has 4 aromatic rings. The Morgan fingerprint density at radius 1 is 1.07 bits per heavy atom. The van der Waals surface area contributed by atoms with E-state index in [9.17, 15) is 9.18 Å². The number of nitrogens with zero attached hydrogens (tertiary/aromatic N) is 2. The SMILES string of the molecule is Cl.O=C(CCCN(c1ccncc1)c1csc2c(Cl)cccc12)c1ccc(F)cc1. The second kappa shape index (κ2) is 10.0. The van der Waals surface area contributed by atoms with E-state index >= 15 is 0 Å². The molecule has 0 saturated heterocycles. The molecule has 0 aliphatic heterocycles. The van der Waals surface area contributed by atoms with Gasteiger partial charge < -0.3 is 4.90 Å². The van der Waals surface area contributed by atoms with Crippen molar-refractivity contribution in [2.24, 2.45) is 0 Å². The number of thiophene rings is 1. The summed E-state index contributed by atoms with van der Waals surface area (Å²) in [4.78, 5) is 18.8. The monoisotopic (exact) mass is 460 g/mol. The number of hydrogen-bond acceptors (Lipinski definition) is 4. The van der Waals surface area contributed by atoms with Crippen LogP contribution in [0.2, 0.25) is 5.02 Å². The standard InChI is InChI=1S/C23H18ClFN2OS.ClH/c24-20-4-1-3-19-21(15-29-23(19)20)27(18-10-12-26-13-11-18)14-2-5-22(28)16-6-8-17(25)9-7-16;/h1,3-4,6-13,15H,2,5,14H2;1H. The Morgan fingerprint density at radius 2 is 1.80 bits per heavy atom. The number of benzene rings is 2. The number of Topliss-reactive ketones (excluding diaryl/α,β-unsaturated/α-hetero) is 1. The molecule has 2 heterocycles. The average Bonchev–Trinajstić information content (AvgIpc) is 3.17. The van der Waals surface area contributed by atoms with Crippen molar-refractivity contribution in [3.8, 4) is 0 Å². The van der Waals surface area contributed by atoms with Crippen LogP contribution in [-0.4, -0.2) is 17.3 Å². The van der Waals surface area contributed by atoms with Crippen LogP contribution in [-0.2, 0) is 0 Å². The van der Waals surface area contributed by atoms with E-state index in [1.54, 1.807) is 23.7 Å². The molecular weight excluding hydrogens is 442 g/mol. The maximum atomic E-state index is 13.1. The second-order valence-electron chi connectivity index (χ2n) is 6.63. The molecule has 154 valence electrons. The zero-order chi connectivity index (χ0) is 20.2. The van der Waals surface area contributed by atoms with Gasteiger partial charge in [-0.25, -0.2) is 4.39 Å². The molecule has 30 heavy (non-hydrogen) atoms. The normalized spacial score (nSPS) is 10.6. The molecule has 2 aromatic heterocycles. The summed E-state index contributed by atoms with van der Waals surface area (Å²) in [7, 11) is 0. The second-order valence-corrected chi connectivity index (χ2v) is 7.91. The van der Waals surface area contributed by atoms with E-state index in [0.29, 0.717) is 24.9 Å². The largest absolute Gasteiger partial charge is 0.340 e. The number of fused-ring (bicyclic) bond motifs is 1. The molecule has 0 saturated carbocycles. The summed E-state index contributed by atoms with van der Waals surface area (Å²) in [6, 6.07) is 15.5. The Balaban J connectivity index is 0.00000256. The number of rotatable bonds is 7. The van der Waals surface area contributed by atoms with Gasteiger partial charge in [-0.2, -0.15) is 0 Å². The smallest absolute Gasteiger partial charge is 0.162 e. The van der Waals surface area contributed by atoms with Gasteiger partial charge in [0.15, 0.2) is 5.78 Å². The first-order valence-corrected chi connectivity index (χ1v) is 10.5. The minimum absolute atomic E-state index is 0. The lowest BCUT2D eigenvalue weighted by Crippen LogP contribution is -2.19. The van der Waals surface area contributed by atoms with E-state index < -0.39 is 0 Å². The third-order valence-electron chi connectivity index (χ3n) is 4.75. The summed E-state index contributed by atoms with van der Waals surface area (Å²) in [5, 5.41) is 3.92. The molecule has 2 aromatic carbocycles. The lowest BCUT2D eigenvalue weighted by molar-refractivity contribution is 0.0981. The quantitative estimate of drug-likeness (QED) is 0.271. The number of carbonyl (C=O) groups excluding carboxylic acids is 1. The molecule has 0 fully saturated rings. The molecule has 0 aliphatic rings. The Labute approximate surface area is 189 Å². The number of halogens is 3. The third-order valence-corrected chi connectivity index (χ3v) is 6.19. The van der Waals surface area contributed by atoms with Gasteiger partial charge >= 0.3 is 0 Å². The maximum Gasteiger partial charge on any atom is 0.162 e. The van der Waals surface area contributed by atoms with Crippen LogP contribution < -0.4 is 4.90 Å². The Bertz CT molecular complexity index is 1130. The van der Waals surface area contributed by atoms with E-state index in [-0.39, 0.29) is 24.0 Å². The first-order valence-electron chi connectivity index (χ1n) is 9.25. The lowest BCUT2D eigenvalue weighted by atomic mass is 10.1. The molecule has 0 unspecified atom stereocenters. The zero-order valence-corrected chi connectivity index (χ0v) is 18.3. The first-order chi connectivity index (χ1) is 14.1. The van der Waals surface area contributed by atoms with Crippen LogP contribution in [0.4, 0.5) is 15.8 Å². The molecule has 4 rings (SSSR count). The number of pyridine rings is 1. The van der Waals surface area contributed by atoms with Crippen molar-refractivity contribution in [2.45, 2.75) is 12.8 Å². The Kier molecular flexibility index (Phi) is 7.43. The van der Waals surface area contributed by atoms with Crippen molar-refractivity contribution in [1.82, 2.24) is 4.98 Å². The van der Waals surface area contributed by atoms with Crippen molar-refractivity contribution in [3.05, 3.63) is 88.8 Å². The molecule has 0 spiro atoms. The van der Waals surface area contributed by atoms with Gasteiger partial charge in [-0.15, -0.1) is 23.7 Å². The van der Waals surface area contributed by atoms with E-state index in [2.05, 4.69) is 21.3 Å². The van der Waals surface area contributed by atoms with Crippen molar-refractivity contribution in [1.29, 1.82) is 0 Å². The predicted molar refractivity (Wildman–Crippen MR) is 125 cm³/mol. The molecule has 0 bridgehead atoms. The predicted octanol–water partition coefficient (Wildman–Crippen LogP) is 7.31. The highest BCUT2D eigenvalue weighted by atomic mass is 35.5. The number of anilines is 2. The molecule has 0 aliphatic carbocycles. The fraction of sp³-hybridized carbons (Fsp3) is 0.130. The summed E-state index contributed by atoms with van der Waals surface area (Å²) < 4.78 is 14.1. The molecule has 0 N–H and O–H groups in total. The van der Waals surface area contributed by atoms with Gasteiger partial charge in [0.25, 0.3) is 0 Å². The van der Waals surface area contributed by atoms with Crippen LogP contribution in [0.25, 0.3) is 10.1 Å². The highest BCUT2D eigenvalue weighted by Crippen LogP contribution is 2.39. The van der Waals surface area contributed by atoms with E-state index in [1.807, 2.05) is 24.3 Å². The third kappa shape index (κ3) is 4.81. The van der Waals surface area contributed by atoms with Crippen LogP contribution in [0.5, 0.6) is 0 Å². The van der Waals surface area contributed by atoms with Gasteiger partial charge in [0.2, 0.25) is 0 Å². The van der Waals surface area contributed by atoms with Gasteiger partial charge in [0.1, 0.15) is 5.82 Å². The number of ketones is 1. The average molecular weight is 461 g/mol. The number of hydrogen-bond donors (Lipinski definition) is 0. The molecule has 0 atom stereocenters. The highest BCUT2D eigenvalue weighted by molar-refractivity contribution is 7.18. The summed E-state index contributed by atoms with van der Waals surface area (Å²) in [6.07, 6.45) is 4.56. The van der Waals surface area contributed by atoms with Gasteiger partial charge in [0, 0.05) is 47.4 Å². The van der Waals surface area contributed by atoms with Gasteiger partial charge in [0.05, 0.1) is 15.4 Å². The maximum absolute atomic E-state index is 13.1. The van der Waals surface area contributed by atoms with Gasteiger partial charge in [-0.05, 0) is 48.9 Å². The minimum atomic E-state index is -0.339. The van der Waals surface area contributed by atoms with Gasteiger partial charge in [-0.1, -0.05) is 23.7 Å². The number of aromatic nitrogens is 1. The zero-order valence-electron chi connectivity index (χ0n) is 15.9. The first kappa shape index (κ1) is 22.2. The van der Waals surface area contributed by atoms with Crippen LogP contribution in [0.1, 0.15) is 23.2 Å². The fourth-order valence-electron chi connectivity index (χ4n) is 3.31. The van der Waals surface area contributed by atoms with Crippen molar-refractivity contribution < 1.29 is 9.18 Å². The van der Waals surface area contributed by atoms with Crippen LogP contribution >= 0.6 is 35.3 Å². The van der Waals surface area contributed by atoms with Crippen LogP contribution in [0.15, 0.2) is 72.4 Å². The molecule has 7 heteroatoms. The summed E-state index contributed by atoms with van der Waals surface area (Å²) in [6.45, 7) is 0.662. The van der Waals surface area contributed by atoms with Crippen LogP contribution in [0.3, 0.4) is 0 Å².